The number of pyridine rings is 1. The van der Waals surface area contributed by atoms with Crippen molar-refractivity contribution in [3.05, 3.63) is 59.8 Å². The summed E-state index contributed by atoms with van der Waals surface area (Å²) in [5.74, 6) is -0.197. The highest BCUT2D eigenvalue weighted by molar-refractivity contribution is 6.45. The van der Waals surface area contributed by atoms with Gasteiger partial charge in [0.1, 0.15) is 5.82 Å². The summed E-state index contributed by atoms with van der Waals surface area (Å²) >= 11 is 0. The van der Waals surface area contributed by atoms with Crippen LogP contribution in [0.25, 0.3) is 0 Å². The van der Waals surface area contributed by atoms with Crippen LogP contribution >= 0.6 is 0 Å². The molecule has 0 aliphatic rings. The lowest BCUT2D eigenvalue weighted by Crippen LogP contribution is -2.28. The molecular weight excluding hydrogens is 312 g/mol. The van der Waals surface area contributed by atoms with Crippen molar-refractivity contribution in [2.75, 3.05) is 12.4 Å². The summed E-state index contributed by atoms with van der Waals surface area (Å²) in [6.07, 6.45) is -1.20. The maximum absolute atomic E-state index is 11.9. The number of oxime groups is 1. The van der Waals surface area contributed by atoms with E-state index in [4.69, 9.17) is 9.94 Å². The molecule has 1 aromatic carbocycles. The Morgan fingerprint density at radius 2 is 1.92 bits per heavy atom. The van der Waals surface area contributed by atoms with E-state index in [1.165, 1.54) is 13.1 Å². The molecule has 0 radical (unpaired) electrons. The molecule has 0 unspecified atom stereocenters. The van der Waals surface area contributed by atoms with Crippen LogP contribution in [0.1, 0.15) is 11.3 Å². The van der Waals surface area contributed by atoms with Crippen molar-refractivity contribution in [1.82, 2.24) is 10.3 Å². The van der Waals surface area contributed by atoms with E-state index in [2.05, 4.69) is 20.8 Å². The number of carbonyl (C=O) groups excluding carboxylic acids is 1. The summed E-state index contributed by atoms with van der Waals surface area (Å²) in [6.45, 7) is -0.0114. The van der Waals surface area contributed by atoms with Gasteiger partial charge in [-0.3, -0.25) is 10.1 Å². The molecule has 2 amide bonds. The van der Waals surface area contributed by atoms with Crippen LogP contribution in [0.15, 0.2) is 53.7 Å². The normalized spacial score (nSPS) is 10.8. The zero-order chi connectivity index (χ0) is 17.4. The van der Waals surface area contributed by atoms with Crippen LogP contribution in [0, 0.1) is 0 Å². The summed E-state index contributed by atoms with van der Waals surface area (Å²) in [5, 5.41) is 17.2. The largest absolute Gasteiger partial charge is 0.465 e. The third kappa shape index (κ3) is 4.80. The van der Waals surface area contributed by atoms with E-state index in [9.17, 15) is 9.59 Å². The predicted molar refractivity (Wildman–Crippen MR) is 87.7 cm³/mol. The maximum Gasteiger partial charge on any atom is 0.410 e. The van der Waals surface area contributed by atoms with Crippen molar-refractivity contribution in [2.24, 2.45) is 5.16 Å². The SMILES string of the molecule is CNC(=O)/C(=N/OCc1cccc(NC(=O)O)n1)c1ccccc1. The van der Waals surface area contributed by atoms with Crippen molar-refractivity contribution in [3.8, 4) is 0 Å². The van der Waals surface area contributed by atoms with Crippen LogP contribution < -0.4 is 10.6 Å². The molecule has 0 saturated carbocycles. The van der Waals surface area contributed by atoms with Crippen molar-refractivity contribution >= 4 is 23.5 Å². The molecule has 0 saturated heterocycles. The van der Waals surface area contributed by atoms with E-state index in [1.807, 2.05) is 6.07 Å². The zero-order valence-electron chi connectivity index (χ0n) is 12.9. The minimum atomic E-state index is -1.20. The third-order valence-corrected chi connectivity index (χ3v) is 2.90. The Bertz CT molecular complexity index is 747. The molecule has 0 aliphatic heterocycles. The summed E-state index contributed by atoms with van der Waals surface area (Å²) in [5.41, 5.74) is 1.22. The molecule has 8 nitrogen and oxygen atoms in total. The minimum absolute atomic E-state index is 0.0114. The number of nitrogens with one attached hydrogen (secondary N) is 2. The average Bonchev–Trinajstić information content (AvgIpc) is 2.58. The molecule has 2 rings (SSSR count). The Kier molecular flexibility index (Phi) is 5.84. The number of rotatable bonds is 6. The van der Waals surface area contributed by atoms with E-state index in [0.29, 0.717) is 11.3 Å². The molecular formula is C16H16N4O4. The number of benzene rings is 1. The number of amides is 2. The van der Waals surface area contributed by atoms with E-state index in [0.717, 1.165) is 0 Å². The molecule has 0 fully saturated rings. The van der Waals surface area contributed by atoms with Crippen molar-refractivity contribution in [1.29, 1.82) is 0 Å². The second kappa shape index (κ2) is 8.28. The number of hydrogen-bond acceptors (Lipinski definition) is 5. The Labute approximate surface area is 138 Å². The molecule has 0 spiro atoms. The first-order valence-corrected chi connectivity index (χ1v) is 7.03. The first kappa shape index (κ1) is 16.9. The summed E-state index contributed by atoms with van der Waals surface area (Å²) in [7, 11) is 1.50. The van der Waals surface area contributed by atoms with E-state index in [1.54, 1.807) is 36.4 Å². The Hall–Kier alpha value is -3.42. The Morgan fingerprint density at radius 3 is 2.58 bits per heavy atom. The number of nitrogens with zero attached hydrogens (tertiary/aromatic N) is 2. The lowest BCUT2D eigenvalue weighted by atomic mass is 10.1. The number of carbonyl (C=O) groups is 2. The van der Waals surface area contributed by atoms with Gasteiger partial charge in [-0.05, 0) is 12.1 Å². The van der Waals surface area contributed by atoms with Crippen molar-refractivity contribution < 1.29 is 19.5 Å². The number of anilines is 1. The molecule has 0 aliphatic carbocycles. The van der Waals surface area contributed by atoms with E-state index < -0.39 is 6.09 Å². The molecule has 2 aromatic rings. The molecule has 3 N–H and O–H groups in total. The number of likely N-dealkylation sites (N-methyl/N-ethyl adjacent to an activating group) is 1. The molecule has 24 heavy (non-hydrogen) atoms. The van der Waals surface area contributed by atoms with Crippen LogP contribution in [0.3, 0.4) is 0 Å². The quantitative estimate of drug-likeness (QED) is 0.553. The molecule has 0 bridgehead atoms. The number of hydrogen-bond donors (Lipinski definition) is 3. The third-order valence-electron chi connectivity index (χ3n) is 2.90. The fourth-order valence-electron chi connectivity index (χ4n) is 1.84. The smallest absolute Gasteiger partial charge is 0.410 e. The highest BCUT2D eigenvalue weighted by atomic mass is 16.6. The summed E-state index contributed by atoms with van der Waals surface area (Å²) < 4.78 is 0. The van der Waals surface area contributed by atoms with Gasteiger partial charge in [0.2, 0.25) is 0 Å². The Balaban J connectivity index is 2.10. The van der Waals surface area contributed by atoms with Gasteiger partial charge >= 0.3 is 6.09 Å². The predicted octanol–water partition coefficient (Wildman–Crippen LogP) is 1.84. The highest BCUT2D eigenvalue weighted by Gasteiger charge is 2.13. The molecule has 1 heterocycles. The number of carboxylic acid groups (broad SMARTS) is 1. The van der Waals surface area contributed by atoms with Gasteiger partial charge in [0.05, 0.1) is 5.69 Å². The van der Waals surface area contributed by atoms with Crippen molar-refractivity contribution in [2.45, 2.75) is 6.61 Å². The Morgan fingerprint density at radius 1 is 1.17 bits per heavy atom. The fraction of sp³-hybridized carbons (Fsp3) is 0.125. The summed E-state index contributed by atoms with van der Waals surface area (Å²) in [4.78, 5) is 31.8. The summed E-state index contributed by atoms with van der Waals surface area (Å²) in [6, 6.07) is 13.7. The van der Waals surface area contributed by atoms with Crippen LogP contribution in [0.2, 0.25) is 0 Å². The van der Waals surface area contributed by atoms with Gasteiger partial charge in [0, 0.05) is 12.6 Å². The van der Waals surface area contributed by atoms with Gasteiger partial charge in [-0.2, -0.15) is 0 Å². The van der Waals surface area contributed by atoms with Crippen LogP contribution in [-0.2, 0) is 16.2 Å². The molecule has 1 aromatic heterocycles. The van der Waals surface area contributed by atoms with Crippen molar-refractivity contribution in [3.63, 3.8) is 0 Å². The fourth-order valence-corrected chi connectivity index (χ4v) is 1.84. The van der Waals surface area contributed by atoms with Gasteiger partial charge in [-0.25, -0.2) is 9.78 Å². The monoisotopic (exact) mass is 328 g/mol. The van der Waals surface area contributed by atoms with Crippen LogP contribution in [0.5, 0.6) is 0 Å². The lowest BCUT2D eigenvalue weighted by Gasteiger charge is -2.06. The zero-order valence-corrected chi connectivity index (χ0v) is 12.9. The lowest BCUT2D eigenvalue weighted by molar-refractivity contribution is -0.114. The molecule has 124 valence electrons. The van der Waals surface area contributed by atoms with Gasteiger partial charge in [-0.1, -0.05) is 41.6 Å². The van der Waals surface area contributed by atoms with Crippen LogP contribution in [-0.4, -0.2) is 34.9 Å². The first-order chi connectivity index (χ1) is 11.6. The second-order valence-electron chi connectivity index (χ2n) is 4.60. The second-order valence-corrected chi connectivity index (χ2v) is 4.60. The van der Waals surface area contributed by atoms with Crippen LogP contribution in [0.4, 0.5) is 10.6 Å². The standard InChI is InChI=1S/C16H16N4O4/c1-17-15(21)14(11-6-3-2-4-7-11)20-24-10-12-8-5-9-13(18-12)19-16(22)23/h2-9H,10H2,1H3,(H,17,21)(H,18,19)(H,22,23)/b20-14+. The van der Waals surface area contributed by atoms with Gasteiger partial charge in [0.15, 0.2) is 12.3 Å². The topological polar surface area (TPSA) is 113 Å². The van der Waals surface area contributed by atoms with E-state index >= 15 is 0 Å². The average molecular weight is 328 g/mol. The first-order valence-electron chi connectivity index (χ1n) is 7.03. The molecule has 0 atom stereocenters. The minimum Gasteiger partial charge on any atom is -0.465 e. The number of aromatic nitrogens is 1. The van der Waals surface area contributed by atoms with E-state index in [-0.39, 0.29) is 24.0 Å². The molecule has 8 heteroatoms. The maximum atomic E-state index is 11.9. The van der Waals surface area contributed by atoms with Gasteiger partial charge in [0.25, 0.3) is 5.91 Å². The van der Waals surface area contributed by atoms with Gasteiger partial charge < -0.3 is 15.3 Å². The van der Waals surface area contributed by atoms with Gasteiger partial charge in [-0.15, -0.1) is 0 Å². The highest BCUT2D eigenvalue weighted by Crippen LogP contribution is 2.07.